The minimum atomic E-state index is -2.17. The molecule has 0 aromatic carbocycles. The molecule has 1 aliphatic rings. The fraction of sp³-hybridized carbons (Fsp3) is 0.625. The summed E-state index contributed by atoms with van der Waals surface area (Å²) in [5, 5.41) is 17.5. The average Bonchev–Trinajstić information content (AvgIpc) is 2.04. The Morgan fingerprint density at radius 1 is 1.15 bits per heavy atom. The van der Waals surface area contributed by atoms with Crippen molar-refractivity contribution < 1.29 is 24.6 Å². The Labute approximate surface area is 74.4 Å². The number of carbonyl (C=O) groups is 3. The van der Waals surface area contributed by atoms with Crippen molar-refractivity contribution in [1.29, 1.82) is 0 Å². The van der Waals surface area contributed by atoms with Crippen LogP contribution in [0.4, 0.5) is 0 Å². The Balaban J connectivity index is 3.07. The van der Waals surface area contributed by atoms with Crippen LogP contribution in [0.5, 0.6) is 0 Å². The van der Waals surface area contributed by atoms with Gasteiger partial charge in [0.05, 0.1) is 0 Å². The standard InChI is InChI=1S/C8H10O5/c9-5-3-1-2-4-8(5,6(10)11)7(12)13/h1-4H2,(H,10,11)(H,12,13). The number of carboxylic acid groups (broad SMARTS) is 2. The van der Waals surface area contributed by atoms with Crippen LogP contribution in [0.2, 0.25) is 0 Å². The van der Waals surface area contributed by atoms with E-state index < -0.39 is 23.1 Å². The van der Waals surface area contributed by atoms with Gasteiger partial charge in [-0.05, 0) is 12.8 Å². The van der Waals surface area contributed by atoms with E-state index in [0.29, 0.717) is 12.8 Å². The molecule has 0 unspecified atom stereocenters. The lowest BCUT2D eigenvalue weighted by molar-refractivity contribution is -0.170. The summed E-state index contributed by atoms with van der Waals surface area (Å²) in [5.41, 5.74) is -2.17. The SMILES string of the molecule is O=C(O)C1(C(=O)O)CCCCC1=O. The number of rotatable bonds is 2. The lowest BCUT2D eigenvalue weighted by Crippen LogP contribution is -2.48. The van der Waals surface area contributed by atoms with Gasteiger partial charge >= 0.3 is 11.9 Å². The van der Waals surface area contributed by atoms with Gasteiger partial charge in [0.1, 0.15) is 0 Å². The topological polar surface area (TPSA) is 91.7 Å². The van der Waals surface area contributed by atoms with Crippen molar-refractivity contribution in [2.75, 3.05) is 0 Å². The second-order valence-corrected chi connectivity index (χ2v) is 3.15. The Hall–Kier alpha value is -1.39. The molecule has 5 heteroatoms. The van der Waals surface area contributed by atoms with Crippen molar-refractivity contribution >= 4 is 17.7 Å². The molecule has 1 saturated carbocycles. The van der Waals surface area contributed by atoms with Crippen LogP contribution >= 0.6 is 0 Å². The smallest absolute Gasteiger partial charge is 0.328 e. The summed E-state index contributed by atoms with van der Waals surface area (Å²) in [6, 6.07) is 0. The molecule has 72 valence electrons. The summed E-state index contributed by atoms with van der Waals surface area (Å²) in [5.74, 6) is -3.76. The molecule has 0 saturated heterocycles. The predicted octanol–water partition coefficient (Wildman–Crippen LogP) is 0.285. The van der Waals surface area contributed by atoms with Crippen LogP contribution in [0.3, 0.4) is 0 Å². The van der Waals surface area contributed by atoms with Crippen molar-refractivity contribution in [3.05, 3.63) is 0 Å². The molecular weight excluding hydrogens is 176 g/mol. The zero-order chi connectivity index (χ0) is 10.1. The van der Waals surface area contributed by atoms with E-state index in [1.54, 1.807) is 0 Å². The van der Waals surface area contributed by atoms with Crippen LogP contribution in [0, 0.1) is 5.41 Å². The molecule has 2 N–H and O–H groups in total. The Morgan fingerprint density at radius 2 is 1.69 bits per heavy atom. The minimum Gasteiger partial charge on any atom is -0.480 e. The highest BCUT2D eigenvalue weighted by Gasteiger charge is 2.53. The summed E-state index contributed by atoms with van der Waals surface area (Å²) < 4.78 is 0. The lowest BCUT2D eigenvalue weighted by Gasteiger charge is -2.26. The highest BCUT2D eigenvalue weighted by atomic mass is 16.4. The van der Waals surface area contributed by atoms with Crippen LogP contribution in [0.1, 0.15) is 25.7 Å². The van der Waals surface area contributed by atoms with Gasteiger partial charge in [0.25, 0.3) is 0 Å². The van der Waals surface area contributed by atoms with E-state index >= 15 is 0 Å². The van der Waals surface area contributed by atoms with Gasteiger partial charge < -0.3 is 10.2 Å². The summed E-state index contributed by atoms with van der Waals surface area (Å²) in [6.45, 7) is 0. The fourth-order valence-corrected chi connectivity index (χ4v) is 1.57. The molecule has 1 rings (SSSR count). The third-order valence-corrected chi connectivity index (χ3v) is 2.41. The molecule has 0 amide bonds. The Kier molecular flexibility index (Phi) is 2.36. The maximum atomic E-state index is 11.2. The first kappa shape index (κ1) is 9.70. The van der Waals surface area contributed by atoms with E-state index in [9.17, 15) is 14.4 Å². The average molecular weight is 186 g/mol. The molecule has 0 heterocycles. The van der Waals surface area contributed by atoms with Crippen LogP contribution in [-0.4, -0.2) is 27.9 Å². The van der Waals surface area contributed by atoms with Crippen LogP contribution in [-0.2, 0) is 14.4 Å². The first-order valence-electron chi connectivity index (χ1n) is 4.02. The maximum Gasteiger partial charge on any atom is 0.328 e. The second-order valence-electron chi connectivity index (χ2n) is 3.15. The minimum absolute atomic E-state index is 0.0542. The first-order chi connectivity index (χ1) is 6.01. The quantitative estimate of drug-likeness (QED) is 0.604. The third-order valence-electron chi connectivity index (χ3n) is 2.41. The van der Waals surface area contributed by atoms with Gasteiger partial charge in [-0.15, -0.1) is 0 Å². The molecule has 0 aliphatic heterocycles. The molecular formula is C8H10O5. The summed E-state index contributed by atoms with van der Waals surface area (Å²) in [4.78, 5) is 32.7. The summed E-state index contributed by atoms with van der Waals surface area (Å²) in [7, 11) is 0. The van der Waals surface area contributed by atoms with Gasteiger partial charge in [-0.1, -0.05) is 6.42 Å². The summed E-state index contributed by atoms with van der Waals surface area (Å²) in [6.07, 6.45) is 1.03. The normalized spacial score (nSPS) is 21.1. The van der Waals surface area contributed by atoms with Crippen LogP contribution in [0.25, 0.3) is 0 Å². The number of carbonyl (C=O) groups excluding carboxylic acids is 1. The fourth-order valence-electron chi connectivity index (χ4n) is 1.57. The van der Waals surface area contributed by atoms with Gasteiger partial charge in [0, 0.05) is 6.42 Å². The van der Waals surface area contributed by atoms with Crippen molar-refractivity contribution in [1.82, 2.24) is 0 Å². The van der Waals surface area contributed by atoms with Crippen molar-refractivity contribution in [2.45, 2.75) is 25.7 Å². The number of aliphatic carboxylic acids is 2. The largest absolute Gasteiger partial charge is 0.480 e. The monoisotopic (exact) mass is 186 g/mol. The molecule has 0 atom stereocenters. The van der Waals surface area contributed by atoms with Crippen molar-refractivity contribution in [3.63, 3.8) is 0 Å². The van der Waals surface area contributed by atoms with E-state index in [-0.39, 0.29) is 12.8 Å². The number of hydrogen-bond acceptors (Lipinski definition) is 3. The Bertz CT molecular complexity index is 254. The van der Waals surface area contributed by atoms with E-state index in [1.165, 1.54) is 0 Å². The molecule has 0 radical (unpaired) electrons. The van der Waals surface area contributed by atoms with Crippen molar-refractivity contribution in [2.24, 2.45) is 5.41 Å². The first-order valence-corrected chi connectivity index (χ1v) is 4.02. The van der Waals surface area contributed by atoms with Gasteiger partial charge in [-0.3, -0.25) is 14.4 Å². The van der Waals surface area contributed by atoms with Gasteiger partial charge in [-0.2, -0.15) is 0 Å². The van der Waals surface area contributed by atoms with E-state index in [1.807, 2.05) is 0 Å². The predicted molar refractivity (Wildman–Crippen MR) is 41.2 cm³/mol. The Morgan fingerprint density at radius 3 is 2.00 bits per heavy atom. The van der Waals surface area contributed by atoms with E-state index in [2.05, 4.69) is 0 Å². The lowest BCUT2D eigenvalue weighted by atomic mass is 9.73. The maximum absolute atomic E-state index is 11.2. The molecule has 1 fully saturated rings. The second kappa shape index (κ2) is 3.16. The van der Waals surface area contributed by atoms with Gasteiger partial charge in [0.15, 0.2) is 5.78 Å². The molecule has 1 aliphatic carbocycles. The number of hydrogen-bond donors (Lipinski definition) is 2. The molecule has 0 spiro atoms. The zero-order valence-corrected chi connectivity index (χ0v) is 6.95. The van der Waals surface area contributed by atoms with Gasteiger partial charge in [0.2, 0.25) is 5.41 Å². The molecule has 5 nitrogen and oxygen atoms in total. The van der Waals surface area contributed by atoms with Crippen LogP contribution < -0.4 is 0 Å². The number of ketones is 1. The third kappa shape index (κ3) is 1.30. The number of Topliss-reactive ketones (excluding diaryl/α,β-unsaturated/α-hetero) is 1. The highest BCUT2D eigenvalue weighted by Crippen LogP contribution is 2.33. The molecule has 0 bridgehead atoms. The van der Waals surface area contributed by atoms with Crippen molar-refractivity contribution in [3.8, 4) is 0 Å². The molecule has 0 aromatic rings. The zero-order valence-electron chi connectivity index (χ0n) is 6.95. The number of carboxylic acids is 2. The van der Waals surface area contributed by atoms with Crippen LogP contribution in [0.15, 0.2) is 0 Å². The van der Waals surface area contributed by atoms with Gasteiger partial charge in [-0.25, -0.2) is 0 Å². The molecule has 13 heavy (non-hydrogen) atoms. The summed E-state index contributed by atoms with van der Waals surface area (Å²) >= 11 is 0. The highest BCUT2D eigenvalue weighted by molar-refractivity contribution is 6.19. The molecule has 0 aromatic heterocycles. The van der Waals surface area contributed by atoms with E-state index in [4.69, 9.17) is 10.2 Å². The van der Waals surface area contributed by atoms with E-state index in [0.717, 1.165) is 0 Å².